The van der Waals surface area contributed by atoms with Crippen molar-refractivity contribution in [3.63, 3.8) is 0 Å². The predicted octanol–water partition coefficient (Wildman–Crippen LogP) is 2.75. The van der Waals surface area contributed by atoms with Crippen LogP contribution in [0.5, 0.6) is 0 Å². The van der Waals surface area contributed by atoms with Gasteiger partial charge >= 0.3 is 0 Å². The Hall–Kier alpha value is -1.37. The molecule has 2 nitrogen and oxygen atoms in total. The Balaban J connectivity index is 4.82. The molecule has 1 N–H and O–H groups in total. The van der Waals surface area contributed by atoms with Crippen LogP contribution in [0.25, 0.3) is 0 Å². The fraction of sp³-hybridized carbons (Fsp3) is 0.615. The summed E-state index contributed by atoms with van der Waals surface area (Å²) in [5, 5.41) is 2.50. The van der Waals surface area contributed by atoms with Gasteiger partial charge < -0.3 is 5.32 Å². The van der Waals surface area contributed by atoms with Crippen molar-refractivity contribution >= 4 is 5.91 Å². The van der Waals surface area contributed by atoms with Gasteiger partial charge in [-0.3, -0.25) is 4.79 Å². The lowest BCUT2D eigenvalue weighted by Gasteiger charge is -2.28. The zero-order valence-electron chi connectivity index (χ0n) is 10.9. The Labute approximate surface area is 101 Å². The average Bonchev–Trinajstić information content (AvgIpc) is 2.14. The van der Waals surface area contributed by atoms with Gasteiger partial charge in [0.1, 0.15) is 5.41 Å². The van der Waals surface area contributed by atoms with Gasteiger partial charge in [0.15, 0.2) is 0 Å². The molecule has 0 spiro atoms. The van der Waals surface area contributed by atoms with Crippen LogP contribution in [0.4, 0.5) is 8.78 Å². The third kappa shape index (κ3) is 4.99. The van der Waals surface area contributed by atoms with Gasteiger partial charge in [-0.05, 0) is 40.2 Å². The first kappa shape index (κ1) is 15.6. The topological polar surface area (TPSA) is 29.1 Å². The van der Waals surface area contributed by atoms with Crippen molar-refractivity contribution < 1.29 is 13.6 Å². The molecule has 0 bridgehead atoms. The molecule has 0 rings (SSSR count). The number of hydrogen-bond donors (Lipinski definition) is 1. The van der Waals surface area contributed by atoms with Crippen molar-refractivity contribution in [1.29, 1.82) is 0 Å². The Morgan fingerprint density at radius 2 is 1.76 bits per heavy atom. The van der Waals surface area contributed by atoms with Crippen molar-refractivity contribution in [2.45, 2.75) is 46.6 Å². The average molecular weight is 243 g/mol. The number of carbonyl (C=O) groups is 1. The number of amides is 1. The quantitative estimate of drug-likeness (QED) is 0.759. The molecule has 0 aromatic rings. The first-order chi connectivity index (χ1) is 7.49. The highest BCUT2D eigenvalue weighted by atomic mass is 19.3. The molecule has 4 heteroatoms. The van der Waals surface area contributed by atoms with Crippen LogP contribution in [-0.4, -0.2) is 17.9 Å². The summed E-state index contributed by atoms with van der Waals surface area (Å²) in [4.78, 5) is 11.7. The molecule has 0 aliphatic rings. The molecule has 0 aromatic carbocycles. The predicted molar refractivity (Wildman–Crippen MR) is 64.6 cm³/mol. The van der Waals surface area contributed by atoms with Crippen LogP contribution < -0.4 is 5.32 Å². The molecule has 0 aliphatic carbocycles. The number of alkyl halides is 2. The minimum absolute atomic E-state index is 0.653. The van der Waals surface area contributed by atoms with Gasteiger partial charge in [0.25, 0.3) is 6.43 Å². The molecule has 0 saturated heterocycles. The number of allylic oxidation sites excluding steroid dienone is 1. The number of nitrogens with one attached hydrogen (secondary N) is 1. The summed E-state index contributed by atoms with van der Waals surface area (Å²) >= 11 is 0. The first-order valence-corrected chi connectivity index (χ1v) is 5.28. The van der Waals surface area contributed by atoms with Crippen LogP contribution in [0.3, 0.4) is 0 Å². The molecule has 0 aliphatic heterocycles. The number of halogens is 2. The Morgan fingerprint density at radius 3 is 2.12 bits per heavy atom. The summed E-state index contributed by atoms with van der Waals surface area (Å²) in [7, 11) is 0. The van der Waals surface area contributed by atoms with Crippen LogP contribution in [0, 0.1) is 17.3 Å². The summed E-state index contributed by atoms with van der Waals surface area (Å²) < 4.78 is 25.3. The van der Waals surface area contributed by atoms with E-state index >= 15 is 0 Å². The maximum Gasteiger partial charge on any atom is 0.252 e. The molecule has 0 radical (unpaired) electrons. The van der Waals surface area contributed by atoms with Crippen LogP contribution in [0.15, 0.2) is 12.2 Å². The van der Waals surface area contributed by atoms with E-state index in [1.54, 1.807) is 20.8 Å². The Bertz CT molecular complexity index is 373. The number of carbonyl (C=O) groups excluding carboxylic acids is 1. The minimum atomic E-state index is -2.72. The zero-order valence-corrected chi connectivity index (χ0v) is 10.9. The van der Waals surface area contributed by atoms with Crippen molar-refractivity contribution in [3.05, 3.63) is 12.2 Å². The maximum atomic E-state index is 12.6. The van der Waals surface area contributed by atoms with Gasteiger partial charge in [-0.1, -0.05) is 18.4 Å². The first-order valence-electron chi connectivity index (χ1n) is 5.28. The second kappa shape index (κ2) is 5.31. The second-order valence-corrected chi connectivity index (χ2v) is 5.13. The molecular weight excluding hydrogens is 224 g/mol. The molecule has 1 amide bonds. The lowest BCUT2D eigenvalue weighted by Crippen LogP contribution is -2.50. The van der Waals surface area contributed by atoms with E-state index in [0.29, 0.717) is 5.57 Å². The van der Waals surface area contributed by atoms with Gasteiger partial charge in [-0.2, -0.15) is 0 Å². The molecule has 0 fully saturated rings. The molecule has 0 unspecified atom stereocenters. The largest absolute Gasteiger partial charge is 0.340 e. The van der Waals surface area contributed by atoms with Crippen LogP contribution in [0.1, 0.15) is 34.6 Å². The van der Waals surface area contributed by atoms with Crippen molar-refractivity contribution in [2.75, 3.05) is 0 Å². The standard InChI is InChI=1S/C13H19F2NO/c1-9(2)7-8-12(3,4)16-11(17)13(5,6)10(14)15/h10H,1H2,2-6H3,(H,16,17). The minimum Gasteiger partial charge on any atom is -0.340 e. The lowest BCUT2D eigenvalue weighted by atomic mass is 9.91. The highest BCUT2D eigenvalue weighted by Gasteiger charge is 2.39. The summed E-state index contributed by atoms with van der Waals surface area (Å²) in [6, 6.07) is 0. The third-order valence-electron chi connectivity index (χ3n) is 2.15. The molecule has 0 heterocycles. The summed E-state index contributed by atoms with van der Waals surface area (Å²) in [5.41, 5.74) is -1.93. The molecule has 0 saturated carbocycles. The maximum absolute atomic E-state index is 12.6. The van der Waals surface area contributed by atoms with E-state index in [9.17, 15) is 13.6 Å². The summed E-state index contributed by atoms with van der Waals surface area (Å²) in [5.74, 6) is 4.78. The lowest BCUT2D eigenvalue weighted by molar-refractivity contribution is -0.138. The van der Waals surface area contributed by atoms with E-state index < -0.39 is 23.3 Å². The fourth-order valence-electron chi connectivity index (χ4n) is 0.838. The number of hydrogen-bond acceptors (Lipinski definition) is 1. The smallest absolute Gasteiger partial charge is 0.252 e. The molecule has 0 atom stereocenters. The molecule has 96 valence electrons. The van der Waals surface area contributed by atoms with Gasteiger partial charge in [0, 0.05) is 0 Å². The van der Waals surface area contributed by atoms with Crippen molar-refractivity contribution in [2.24, 2.45) is 5.41 Å². The van der Waals surface area contributed by atoms with Gasteiger partial charge in [0.05, 0.1) is 5.54 Å². The van der Waals surface area contributed by atoms with E-state index in [-0.39, 0.29) is 0 Å². The molecular formula is C13H19F2NO. The second-order valence-electron chi connectivity index (χ2n) is 5.13. The Kier molecular flexibility index (Phi) is 4.88. The molecule has 0 aromatic heterocycles. The van der Waals surface area contributed by atoms with E-state index in [1.165, 1.54) is 13.8 Å². The SMILES string of the molecule is C=C(C)C#CC(C)(C)NC(=O)C(C)(C)C(F)F. The van der Waals surface area contributed by atoms with Gasteiger partial charge in [0.2, 0.25) is 5.91 Å². The fourth-order valence-corrected chi connectivity index (χ4v) is 0.838. The highest BCUT2D eigenvalue weighted by molar-refractivity contribution is 5.83. The van der Waals surface area contributed by atoms with Gasteiger partial charge in [-0.25, -0.2) is 8.78 Å². The normalized spacial score (nSPS) is 11.8. The number of rotatable bonds is 3. The molecule has 17 heavy (non-hydrogen) atoms. The van der Waals surface area contributed by atoms with E-state index in [4.69, 9.17) is 0 Å². The van der Waals surface area contributed by atoms with E-state index in [2.05, 4.69) is 23.7 Å². The van der Waals surface area contributed by atoms with Gasteiger partial charge in [-0.15, -0.1) is 0 Å². The monoisotopic (exact) mass is 243 g/mol. The van der Waals surface area contributed by atoms with E-state index in [0.717, 1.165) is 0 Å². The van der Waals surface area contributed by atoms with Crippen molar-refractivity contribution in [1.82, 2.24) is 5.32 Å². The zero-order chi connectivity index (χ0) is 13.9. The van der Waals surface area contributed by atoms with Crippen LogP contribution in [-0.2, 0) is 4.79 Å². The Morgan fingerprint density at radius 1 is 1.29 bits per heavy atom. The highest BCUT2D eigenvalue weighted by Crippen LogP contribution is 2.25. The summed E-state index contributed by atoms with van der Waals surface area (Å²) in [6.45, 7) is 11.1. The third-order valence-corrected chi connectivity index (χ3v) is 2.15. The summed E-state index contributed by atoms with van der Waals surface area (Å²) in [6.07, 6.45) is -2.72. The van der Waals surface area contributed by atoms with Crippen LogP contribution in [0.2, 0.25) is 0 Å². The van der Waals surface area contributed by atoms with Crippen molar-refractivity contribution in [3.8, 4) is 11.8 Å². The van der Waals surface area contributed by atoms with E-state index in [1.807, 2.05) is 0 Å². The van der Waals surface area contributed by atoms with Crippen LogP contribution >= 0.6 is 0 Å².